The molecule has 0 fully saturated rings. The van der Waals surface area contributed by atoms with E-state index >= 15 is 0 Å². The number of hydrogen-bond acceptors (Lipinski definition) is 3. The Morgan fingerprint density at radius 2 is 2.28 bits per heavy atom. The number of aromatic nitrogens is 3. The topological polar surface area (TPSA) is 69.1 Å². The molecule has 2 aromatic rings. The molecule has 1 aliphatic rings. The van der Waals surface area contributed by atoms with Crippen molar-refractivity contribution in [1.82, 2.24) is 19.0 Å². The van der Waals surface area contributed by atoms with Crippen molar-refractivity contribution >= 4 is 11.6 Å². The van der Waals surface area contributed by atoms with Crippen molar-refractivity contribution in [3.8, 4) is 0 Å². The van der Waals surface area contributed by atoms with Crippen LogP contribution in [0.15, 0.2) is 24.7 Å². The van der Waals surface area contributed by atoms with Gasteiger partial charge in [-0.2, -0.15) is 0 Å². The maximum Gasteiger partial charge on any atom is 0.271 e. The van der Waals surface area contributed by atoms with Crippen LogP contribution >= 0.6 is 0 Å². The SMILES string of the molecule is Cn1cc(N)cc1C(=O)N1CCn2ccnc2C1. The zero-order valence-corrected chi connectivity index (χ0v) is 10.2. The number of anilines is 1. The molecule has 6 heteroatoms. The number of nitrogen functional groups attached to an aromatic ring is 1. The molecule has 1 aliphatic heterocycles. The van der Waals surface area contributed by atoms with E-state index in [9.17, 15) is 4.79 Å². The molecule has 3 rings (SSSR count). The molecule has 0 radical (unpaired) electrons. The molecule has 0 atom stereocenters. The van der Waals surface area contributed by atoms with Gasteiger partial charge in [0.15, 0.2) is 0 Å². The molecule has 18 heavy (non-hydrogen) atoms. The van der Waals surface area contributed by atoms with Crippen LogP contribution < -0.4 is 5.73 Å². The highest BCUT2D eigenvalue weighted by Crippen LogP contribution is 2.16. The number of hydrogen-bond donors (Lipinski definition) is 1. The quantitative estimate of drug-likeness (QED) is 0.793. The highest BCUT2D eigenvalue weighted by Gasteiger charge is 2.23. The van der Waals surface area contributed by atoms with Crippen LogP contribution in [0.3, 0.4) is 0 Å². The second-order valence-electron chi connectivity index (χ2n) is 4.53. The summed E-state index contributed by atoms with van der Waals surface area (Å²) in [5.74, 6) is 0.931. The molecule has 6 nitrogen and oxygen atoms in total. The zero-order chi connectivity index (χ0) is 12.7. The molecule has 0 saturated heterocycles. The van der Waals surface area contributed by atoms with E-state index in [1.54, 1.807) is 27.9 Å². The first-order valence-electron chi connectivity index (χ1n) is 5.86. The van der Waals surface area contributed by atoms with Crippen LogP contribution in [0.25, 0.3) is 0 Å². The fourth-order valence-electron chi connectivity index (χ4n) is 2.31. The van der Waals surface area contributed by atoms with E-state index in [4.69, 9.17) is 5.73 Å². The van der Waals surface area contributed by atoms with Crippen molar-refractivity contribution < 1.29 is 4.79 Å². The average molecular weight is 245 g/mol. The average Bonchev–Trinajstić information content (AvgIpc) is 2.93. The standard InChI is InChI=1S/C12H15N5O/c1-15-7-9(13)6-10(15)12(18)17-5-4-16-3-2-14-11(16)8-17/h2-3,6-7H,4-5,8,13H2,1H3. The van der Waals surface area contributed by atoms with Crippen molar-refractivity contribution in [2.75, 3.05) is 12.3 Å². The molecule has 0 bridgehead atoms. The third kappa shape index (κ3) is 1.66. The highest BCUT2D eigenvalue weighted by molar-refractivity contribution is 5.93. The van der Waals surface area contributed by atoms with Gasteiger partial charge in [-0.05, 0) is 6.07 Å². The number of imidazole rings is 1. The molecule has 94 valence electrons. The Bertz CT molecular complexity index is 597. The molecular formula is C12H15N5O. The molecular weight excluding hydrogens is 230 g/mol. The first-order valence-corrected chi connectivity index (χ1v) is 5.86. The molecule has 0 unspecified atom stereocenters. The van der Waals surface area contributed by atoms with Gasteiger partial charge in [0.2, 0.25) is 0 Å². The number of nitrogens with two attached hydrogens (primary N) is 1. The van der Waals surface area contributed by atoms with Gasteiger partial charge in [-0.25, -0.2) is 4.98 Å². The van der Waals surface area contributed by atoms with Crippen molar-refractivity contribution in [3.05, 3.63) is 36.2 Å². The van der Waals surface area contributed by atoms with Gasteiger partial charge in [-0.3, -0.25) is 4.79 Å². The van der Waals surface area contributed by atoms with Crippen LogP contribution in [0.1, 0.15) is 16.3 Å². The molecule has 0 spiro atoms. The van der Waals surface area contributed by atoms with Crippen LogP contribution in [-0.2, 0) is 20.1 Å². The second kappa shape index (κ2) is 3.90. The Kier molecular flexibility index (Phi) is 2.36. The predicted octanol–water partition coefficient (Wildman–Crippen LogP) is 0.460. The lowest BCUT2D eigenvalue weighted by Gasteiger charge is -2.27. The Labute approximate surface area is 105 Å². The smallest absolute Gasteiger partial charge is 0.271 e. The number of fused-ring (bicyclic) bond motifs is 1. The van der Waals surface area contributed by atoms with E-state index in [1.807, 2.05) is 13.2 Å². The molecule has 1 amide bonds. The minimum absolute atomic E-state index is 0.00319. The lowest BCUT2D eigenvalue weighted by atomic mass is 10.3. The number of amides is 1. The third-order valence-corrected chi connectivity index (χ3v) is 3.28. The van der Waals surface area contributed by atoms with Gasteiger partial charge < -0.3 is 19.8 Å². The van der Waals surface area contributed by atoms with Crippen LogP contribution in [-0.4, -0.2) is 31.5 Å². The summed E-state index contributed by atoms with van der Waals surface area (Å²) in [6, 6.07) is 1.71. The third-order valence-electron chi connectivity index (χ3n) is 3.28. The predicted molar refractivity (Wildman–Crippen MR) is 66.8 cm³/mol. The van der Waals surface area contributed by atoms with Gasteiger partial charge in [-0.15, -0.1) is 0 Å². The van der Waals surface area contributed by atoms with Gasteiger partial charge in [0.25, 0.3) is 5.91 Å². The first kappa shape index (κ1) is 10.9. The second-order valence-corrected chi connectivity index (χ2v) is 4.53. The van der Waals surface area contributed by atoms with Crippen LogP contribution in [0.4, 0.5) is 5.69 Å². The van der Waals surface area contributed by atoms with Crippen LogP contribution in [0.2, 0.25) is 0 Å². The number of nitrogens with zero attached hydrogens (tertiary/aromatic N) is 4. The summed E-state index contributed by atoms with van der Waals surface area (Å²) >= 11 is 0. The van der Waals surface area contributed by atoms with Crippen LogP contribution in [0.5, 0.6) is 0 Å². The van der Waals surface area contributed by atoms with Crippen LogP contribution in [0, 0.1) is 0 Å². The van der Waals surface area contributed by atoms with Gasteiger partial charge in [0.1, 0.15) is 11.5 Å². The van der Waals surface area contributed by atoms with Gasteiger partial charge >= 0.3 is 0 Å². The van der Waals surface area contributed by atoms with Crippen molar-refractivity contribution in [3.63, 3.8) is 0 Å². The highest BCUT2D eigenvalue weighted by atomic mass is 16.2. The lowest BCUT2D eigenvalue weighted by Crippen LogP contribution is -2.38. The van der Waals surface area contributed by atoms with E-state index in [0.717, 1.165) is 12.4 Å². The van der Waals surface area contributed by atoms with Crippen molar-refractivity contribution in [1.29, 1.82) is 0 Å². The summed E-state index contributed by atoms with van der Waals surface area (Å²) in [4.78, 5) is 18.4. The lowest BCUT2D eigenvalue weighted by molar-refractivity contribution is 0.0698. The number of aryl methyl sites for hydroxylation is 1. The monoisotopic (exact) mass is 245 g/mol. The Balaban J connectivity index is 1.85. The summed E-state index contributed by atoms with van der Waals surface area (Å²) < 4.78 is 3.84. The summed E-state index contributed by atoms with van der Waals surface area (Å²) in [5, 5.41) is 0. The van der Waals surface area contributed by atoms with E-state index in [2.05, 4.69) is 9.55 Å². The number of carbonyl (C=O) groups excluding carboxylic acids is 1. The molecule has 2 aromatic heterocycles. The summed E-state index contributed by atoms with van der Waals surface area (Å²) in [7, 11) is 1.83. The van der Waals surface area contributed by atoms with E-state index in [-0.39, 0.29) is 5.91 Å². The summed E-state index contributed by atoms with van der Waals surface area (Å²) in [6.07, 6.45) is 5.46. The largest absolute Gasteiger partial charge is 0.397 e. The molecule has 2 N–H and O–H groups in total. The van der Waals surface area contributed by atoms with Gasteiger partial charge in [0, 0.05) is 38.7 Å². The summed E-state index contributed by atoms with van der Waals surface area (Å²) in [6.45, 7) is 2.05. The fraction of sp³-hybridized carbons (Fsp3) is 0.333. The first-order chi connectivity index (χ1) is 8.65. The Morgan fingerprint density at radius 1 is 1.44 bits per heavy atom. The number of carbonyl (C=O) groups is 1. The van der Waals surface area contributed by atoms with Gasteiger partial charge in [0.05, 0.1) is 12.2 Å². The zero-order valence-electron chi connectivity index (χ0n) is 10.2. The van der Waals surface area contributed by atoms with Crippen molar-refractivity contribution in [2.45, 2.75) is 13.1 Å². The van der Waals surface area contributed by atoms with Gasteiger partial charge in [-0.1, -0.05) is 0 Å². The minimum Gasteiger partial charge on any atom is -0.397 e. The summed E-state index contributed by atoms with van der Waals surface area (Å²) in [5.41, 5.74) is 6.93. The maximum absolute atomic E-state index is 12.4. The Hall–Kier alpha value is -2.24. The minimum atomic E-state index is 0.00319. The molecule has 0 saturated carbocycles. The number of rotatable bonds is 1. The fourth-order valence-corrected chi connectivity index (χ4v) is 2.31. The Morgan fingerprint density at radius 3 is 3.00 bits per heavy atom. The molecule has 0 aliphatic carbocycles. The van der Waals surface area contributed by atoms with E-state index in [0.29, 0.717) is 24.5 Å². The maximum atomic E-state index is 12.4. The van der Waals surface area contributed by atoms with E-state index in [1.165, 1.54) is 0 Å². The molecule has 0 aromatic carbocycles. The van der Waals surface area contributed by atoms with E-state index < -0.39 is 0 Å². The van der Waals surface area contributed by atoms with Crippen molar-refractivity contribution in [2.24, 2.45) is 7.05 Å². The molecule has 3 heterocycles. The normalized spacial score (nSPS) is 14.6.